The van der Waals surface area contributed by atoms with E-state index >= 15 is 0 Å². The van der Waals surface area contributed by atoms with Gasteiger partial charge in [-0.05, 0) is 82.8 Å². The summed E-state index contributed by atoms with van der Waals surface area (Å²) in [6, 6.07) is 5.25. The first-order chi connectivity index (χ1) is 29.4. The van der Waals surface area contributed by atoms with Gasteiger partial charge in [-0.15, -0.1) is 0 Å². The standard InChI is InChI=1S/C44H26O/c1-3-13-29-27(11-1)23-25-32-31(29)19-9-20-33(32)41-34-15-5-7-17-36(34)42(37-18-8-6-16-35(37)41)38-21-10-22-40-43(38)39-26-24-28-12-2-4-14-30(28)44(39)45-40/h1-26H/i2D,4D,5D,6D,7D,8D,10D,12D,14D,15D,16D,17D,18D,21D,22D,24D,26D. The first kappa shape index (κ1) is 13.4. The summed E-state index contributed by atoms with van der Waals surface area (Å²) in [6.07, 6.45) is 0. The van der Waals surface area contributed by atoms with Crippen molar-refractivity contribution in [2.75, 3.05) is 0 Å². The van der Waals surface area contributed by atoms with Crippen LogP contribution in [-0.2, 0) is 0 Å². The average Bonchev–Trinajstić information content (AvgIpc) is 3.67. The summed E-state index contributed by atoms with van der Waals surface area (Å²) < 4.78 is 160. The molecule has 0 spiro atoms. The summed E-state index contributed by atoms with van der Waals surface area (Å²) in [5, 5.41) is 0.841. The quantitative estimate of drug-likeness (QED) is 0.145. The van der Waals surface area contributed by atoms with E-state index in [0.29, 0.717) is 10.9 Å². The van der Waals surface area contributed by atoms with E-state index in [4.69, 9.17) is 19.5 Å². The van der Waals surface area contributed by atoms with Gasteiger partial charge in [0.15, 0.2) is 0 Å². The van der Waals surface area contributed by atoms with Gasteiger partial charge >= 0.3 is 0 Å². The second-order valence-corrected chi connectivity index (χ2v) is 10.7. The fraction of sp³-hybridized carbons (Fsp3) is 0. The highest BCUT2D eigenvalue weighted by Crippen LogP contribution is 2.48. The lowest BCUT2D eigenvalue weighted by molar-refractivity contribution is 0.673. The van der Waals surface area contributed by atoms with E-state index in [-0.39, 0.29) is 59.8 Å². The second kappa shape index (κ2) is 9.29. The molecule has 1 heteroatoms. The lowest BCUT2D eigenvalue weighted by Gasteiger charge is -2.19. The maximum absolute atomic E-state index is 9.53. The smallest absolute Gasteiger partial charge is 0.143 e. The minimum absolute atomic E-state index is 0.0401. The molecule has 1 heterocycles. The highest BCUT2D eigenvalue weighted by atomic mass is 16.3. The number of furan rings is 1. The summed E-state index contributed by atoms with van der Waals surface area (Å²) in [6.45, 7) is 0. The van der Waals surface area contributed by atoms with Crippen molar-refractivity contribution in [3.8, 4) is 22.3 Å². The number of hydrogen-bond acceptors (Lipinski definition) is 1. The molecular formula is C44H26O. The molecular weight excluding hydrogens is 544 g/mol. The molecule has 1 aromatic heterocycles. The minimum Gasteiger partial charge on any atom is -0.455 e. The van der Waals surface area contributed by atoms with Crippen LogP contribution in [0.25, 0.3) is 98.1 Å². The molecule has 9 aromatic carbocycles. The Kier molecular flexibility index (Phi) is 2.76. The Morgan fingerprint density at radius 3 is 1.82 bits per heavy atom. The predicted molar refractivity (Wildman–Crippen MR) is 192 cm³/mol. The molecule has 10 aromatic rings. The van der Waals surface area contributed by atoms with E-state index in [9.17, 15) is 8.22 Å². The largest absolute Gasteiger partial charge is 0.455 e. The molecule has 208 valence electrons. The highest BCUT2D eigenvalue weighted by molar-refractivity contribution is 6.28. The van der Waals surface area contributed by atoms with E-state index in [2.05, 4.69) is 0 Å². The number of fused-ring (bicyclic) bond motifs is 10. The van der Waals surface area contributed by atoms with Gasteiger partial charge in [-0.2, -0.15) is 0 Å². The van der Waals surface area contributed by atoms with Gasteiger partial charge in [-0.3, -0.25) is 0 Å². The minimum atomic E-state index is -0.761. The molecule has 45 heavy (non-hydrogen) atoms. The van der Waals surface area contributed by atoms with Crippen molar-refractivity contribution in [2.45, 2.75) is 0 Å². The van der Waals surface area contributed by atoms with E-state index < -0.39 is 114 Å². The van der Waals surface area contributed by atoms with Crippen molar-refractivity contribution in [3.05, 3.63) is 157 Å². The van der Waals surface area contributed by atoms with Crippen molar-refractivity contribution in [2.24, 2.45) is 0 Å². The fourth-order valence-corrected chi connectivity index (χ4v) is 6.56. The van der Waals surface area contributed by atoms with Gasteiger partial charge in [0.05, 0.1) is 23.3 Å². The molecule has 0 radical (unpaired) electrons. The molecule has 0 N–H and O–H groups in total. The lowest BCUT2D eigenvalue weighted by atomic mass is 9.83. The number of benzene rings is 9. The third kappa shape index (κ3) is 3.44. The molecule has 0 saturated carbocycles. The van der Waals surface area contributed by atoms with Crippen LogP contribution in [0.4, 0.5) is 0 Å². The van der Waals surface area contributed by atoms with Crippen LogP contribution in [0.3, 0.4) is 0 Å². The van der Waals surface area contributed by atoms with Crippen LogP contribution in [-0.4, -0.2) is 0 Å². The molecule has 0 amide bonds. The lowest BCUT2D eigenvalue weighted by Crippen LogP contribution is -1.92. The third-order valence-corrected chi connectivity index (χ3v) is 8.43. The van der Waals surface area contributed by atoms with Gasteiger partial charge in [0.2, 0.25) is 0 Å². The van der Waals surface area contributed by atoms with Crippen molar-refractivity contribution in [1.82, 2.24) is 0 Å². The van der Waals surface area contributed by atoms with Crippen LogP contribution in [0.1, 0.15) is 23.3 Å². The summed E-state index contributed by atoms with van der Waals surface area (Å²) in [7, 11) is 0. The Morgan fingerprint density at radius 2 is 1.04 bits per heavy atom. The second-order valence-electron chi connectivity index (χ2n) is 10.7. The van der Waals surface area contributed by atoms with Crippen LogP contribution >= 0.6 is 0 Å². The Labute approximate surface area is 283 Å². The van der Waals surface area contributed by atoms with Gasteiger partial charge in [0, 0.05) is 16.2 Å². The first-order valence-corrected chi connectivity index (χ1v) is 14.1. The first-order valence-electron chi connectivity index (χ1n) is 22.6. The molecule has 0 bridgehead atoms. The van der Waals surface area contributed by atoms with Crippen molar-refractivity contribution < 1.29 is 27.7 Å². The molecule has 0 aliphatic heterocycles. The van der Waals surface area contributed by atoms with Gasteiger partial charge in [0.1, 0.15) is 11.2 Å². The van der Waals surface area contributed by atoms with Gasteiger partial charge in [-0.25, -0.2) is 0 Å². The highest BCUT2D eigenvalue weighted by Gasteiger charge is 2.21. The summed E-state index contributed by atoms with van der Waals surface area (Å²) >= 11 is 0. The number of hydrogen-bond donors (Lipinski definition) is 0. The molecule has 0 atom stereocenters. The molecule has 0 aliphatic rings. The number of rotatable bonds is 2. The zero-order chi connectivity index (χ0) is 44.3. The topological polar surface area (TPSA) is 13.1 Å². The molecule has 1 nitrogen and oxygen atoms in total. The Bertz CT molecular complexity index is 3700. The van der Waals surface area contributed by atoms with Gasteiger partial charge in [-0.1, -0.05) is 145 Å². The molecule has 0 unspecified atom stereocenters. The van der Waals surface area contributed by atoms with E-state index in [0.717, 1.165) is 16.2 Å². The van der Waals surface area contributed by atoms with E-state index in [1.165, 1.54) is 0 Å². The zero-order valence-electron chi connectivity index (χ0n) is 40.1. The van der Waals surface area contributed by atoms with Crippen LogP contribution in [0, 0.1) is 0 Å². The summed E-state index contributed by atoms with van der Waals surface area (Å²) in [5.41, 5.74) is -1.19. The normalized spacial score (nSPS) is 17.3. The van der Waals surface area contributed by atoms with Crippen molar-refractivity contribution in [3.63, 3.8) is 0 Å². The van der Waals surface area contributed by atoms with E-state index in [1.54, 1.807) is 12.1 Å². The summed E-state index contributed by atoms with van der Waals surface area (Å²) in [5.74, 6) is 0. The maximum Gasteiger partial charge on any atom is 0.143 e. The van der Waals surface area contributed by atoms with Crippen LogP contribution < -0.4 is 0 Å². The summed E-state index contributed by atoms with van der Waals surface area (Å²) in [4.78, 5) is 0. The Morgan fingerprint density at radius 1 is 0.378 bits per heavy atom. The van der Waals surface area contributed by atoms with Gasteiger partial charge < -0.3 is 4.42 Å². The third-order valence-electron chi connectivity index (χ3n) is 8.43. The Hall–Kier alpha value is -5.92. The van der Waals surface area contributed by atoms with Gasteiger partial charge in [0.25, 0.3) is 0 Å². The predicted octanol–water partition coefficient (Wildman–Crippen LogP) is 12.7. The van der Waals surface area contributed by atoms with Crippen LogP contribution in [0.2, 0.25) is 0 Å². The maximum atomic E-state index is 9.53. The zero-order valence-corrected chi connectivity index (χ0v) is 23.1. The molecule has 0 saturated heterocycles. The SMILES string of the molecule is [2H]c1c([2H])c(-c2c3c([2H])c([2H])c([2H])c([2H])c3c(-c3cccc4c3ccc3ccccc34)c3c([2H])c([2H])c([2H])c([2H])c23)c2c(oc3c4c([2H])c([2H])c([2H])c([2H])c4c([2H])c([2H])c32)c1[2H]. The van der Waals surface area contributed by atoms with Crippen molar-refractivity contribution in [1.29, 1.82) is 0 Å². The average molecular weight is 588 g/mol. The van der Waals surface area contributed by atoms with Crippen LogP contribution in [0.5, 0.6) is 0 Å². The molecule has 10 rings (SSSR count). The molecule has 0 fully saturated rings. The monoisotopic (exact) mass is 587 g/mol. The fourth-order valence-electron chi connectivity index (χ4n) is 6.56. The van der Waals surface area contributed by atoms with Crippen molar-refractivity contribution >= 4 is 75.8 Å². The molecule has 0 aliphatic carbocycles. The Balaban J connectivity index is 1.55. The van der Waals surface area contributed by atoms with E-state index in [1.807, 2.05) is 42.5 Å². The van der Waals surface area contributed by atoms with Crippen LogP contribution in [0.15, 0.2) is 162 Å².